The SMILES string of the molecule is CCCCCCCCCCCCCCCCCC(=O)OCC1O[C@H](O)C(NC(C)=O)[C@@H](O[C@@H](C)C(=O)N[C@H](C)C(=O)N[C@H](CCC(=O)O)C(N)=O)[C@@H]1O. The van der Waals surface area contributed by atoms with Gasteiger partial charge >= 0.3 is 11.9 Å². The van der Waals surface area contributed by atoms with Gasteiger partial charge in [0.1, 0.15) is 49.1 Å². The smallest absolute Gasteiger partial charge is 0.305 e. The second kappa shape index (κ2) is 27.3. The molecule has 16 nitrogen and oxygen atoms in total. The molecule has 306 valence electrons. The van der Waals surface area contributed by atoms with Crippen molar-refractivity contribution < 1.29 is 58.3 Å². The van der Waals surface area contributed by atoms with E-state index in [0.717, 1.165) is 19.3 Å². The molecule has 0 aromatic heterocycles. The van der Waals surface area contributed by atoms with Crippen molar-refractivity contribution in [3.63, 3.8) is 0 Å². The Morgan fingerprint density at radius 1 is 0.774 bits per heavy atom. The summed E-state index contributed by atoms with van der Waals surface area (Å²) in [6.45, 7) is 5.62. The van der Waals surface area contributed by atoms with E-state index in [4.69, 9.17) is 25.1 Å². The lowest BCUT2D eigenvalue weighted by Crippen LogP contribution is -2.66. The van der Waals surface area contributed by atoms with Gasteiger partial charge in [0.2, 0.25) is 23.6 Å². The highest BCUT2D eigenvalue weighted by molar-refractivity contribution is 5.92. The van der Waals surface area contributed by atoms with Crippen molar-refractivity contribution in [1.29, 1.82) is 0 Å². The van der Waals surface area contributed by atoms with Crippen LogP contribution in [-0.2, 0) is 43.0 Å². The molecule has 1 rings (SSSR count). The van der Waals surface area contributed by atoms with Gasteiger partial charge in [0, 0.05) is 19.8 Å². The number of hydrogen-bond donors (Lipinski definition) is 7. The van der Waals surface area contributed by atoms with Crippen molar-refractivity contribution in [3.05, 3.63) is 0 Å². The number of amides is 4. The van der Waals surface area contributed by atoms with Gasteiger partial charge in [0.25, 0.3) is 0 Å². The molecule has 0 bridgehead atoms. The minimum atomic E-state index is -1.69. The number of carboxylic acid groups (broad SMARTS) is 1. The number of nitrogens with one attached hydrogen (secondary N) is 3. The van der Waals surface area contributed by atoms with Crippen LogP contribution < -0.4 is 21.7 Å². The van der Waals surface area contributed by atoms with Gasteiger partial charge in [-0.15, -0.1) is 0 Å². The first-order valence-electron chi connectivity index (χ1n) is 19.4. The molecule has 8 N–H and O–H groups in total. The van der Waals surface area contributed by atoms with E-state index >= 15 is 0 Å². The topological polar surface area (TPSA) is 253 Å². The molecule has 1 aliphatic rings. The van der Waals surface area contributed by atoms with Crippen LogP contribution in [0.25, 0.3) is 0 Å². The summed E-state index contributed by atoms with van der Waals surface area (Å²) in [5, 5.41) is 37.8. The lowest BCUT2D eigenvalue weighted by Gasteiger charge is -2.43. The Bertz CT molecular complexity index is 1130. The molecule has 4 amide bonds. The summed E-state index contributed by atoms with van der Waals surface area (Å²) in [5.41, 5.74) is 5.25. The Morgan fingerprint density at radius 3 is 1.79 bits per heavy atom. The van der Waals surface area contributed by atoms with E-state index in [1.807, 2.05) is 0 Å². The van der Waals surface area contributed by atoms with Crippen LogP contribution in [0.2, 0.25) is 0 Å². The summed E-state index contributed by atoms with van der Waals surface area (Å²) in [6.07, 6.45) is 10.3. The number of hydrogen-bond acceptors (Lipinski definition) is 11. The van der Waals surface area contributed by atoms with Crippen LogP contribution in [0.4, 0.5) is 0 Å². The number of carbonyl (C=O) groups excluding carboxylic acids is 5. The van der Waals surface area contributed by atoms with Gasteiger partial charge in [-0.05, 0) is 26.7 Å². The zero-order chi connectivity index (χ0) is 39.8. The number of carbonyl (C=O) groups is 6. The molecule has 16 heteroatoms. The lowest BCUT2D eigenvalue weighted by molar-refractivity contribution is -0.267. The molecule has 53 heavy (non-hydrogen) atoms. The van der Waals surface area contributed by atoms with Crippen molar-refractivity contribution in [2.24, 2.45) is 5.73 Å². The van der Waals surface area contributed by atoms with Gasteiger partial charge in [-0.25, -0.2) is 0 Å². The maximum Gasteiger partial charge on any atom is 0.305 e. The number of rotatable bonds is 29. The van der Waals surface area contributed by atoms with Crippen LogP contribution >= 0.6 is 0 Å². The lowest BCUT2D eigenvalue weighted by atomic mass is 9.96. The summed E-state index contributed by atoms with van der Waals surface area (Å²) >= 11 is 0. The van der Waals surface area contributed by atoms with E-state index < -0.39 is 97.4 Å². The normalized spacial score (nSPS) is 21.5. The molecule has 0 aliphatic carbocycles. The van der Waals surface area contributed by atoms with E-state index in [-0.39, 0.29) is 12.8 Å². The quantitative estimate of drug-likeness (QED) is 0.0429. The Balaban J connectivity index is 2.53. The first kappa shape index (κ1) is 47.7. The number of aliphatic carboxylic acids is 1. The van der Waals surface area contributed by atoms with Crippen molar-refractivity contribution in [3.8, 4) is 0 Å². The van der Waals surface area contributed by atoms with Gasteiger partial charge in [0.15, 0.2) is 6.29 Å². The zero-order valence-electron chi connectivity index (χ0n) is 32.1. The third-order valence-electron chi connectivity index (χ3n) is 9.25. The van der Waals surface area contributed by atoms with Gasteiger partial charge in [0.05, 0.1) is 0 Å². The van der Waals surface area contributed by atoms with Crippen molar-refractivity contribution >= 4 is 35.6 Å². The maximum atomic E-state index is 12.9. The molecular weight excluding hydrogens is 692 g/mol. The molecule has 0 spiro atoms. The summed E-state index contributed by atoms with van der Waals surface area (Å²) in [6, 6.07) is -3.80. The van der Waals surface area contributed by atoms with Crippen molar-refractivity contribution in [2.45, 2.75) is 192 Å². The number of carboxylic acids is 1. The Kier molecular flexibility index (Phi) is 24.5. The summed E-state index contributed by atoms with van der Waals surface area (Å²) in [4.78, 5) is 72.3. The van der Waals surface area contributed by atoms with E-state index in [9.17, 15) is 39.0 Å². The molecule has 2 unspecified atom stereocenters. The van der Waals surface area contributed by atoms with Crippen LogP contribution in [0.3, 0.4) is 0 Å². The van der Waals surface area contributed by atoms with Crippen LogP contribution in [0, 0.1) is 0 Å². The van der Waals surface area contributed by atoms with E-state index in [1.165, 1.54) is 91.4 Å². The highest BCUT2D eigenvalue weighted by Gasteiger charge is 2.47. The molecule has 1 saturated heterocycles. The fourth-order valence-electron chi connectivity index (χ4n) is 6.05. The Labute approximate surface area is 314 Å². The second-order valence-electron chi connectivity index (χ2n) is 14.0. The predicted octanol–water partition coefficient (Wildman–Crippen LogP) is 2.49. The van der Waals surface area contributed by atoms with Crippen LogP contribution in [0.15, 0.2) is 0 Å². The third kappa shape index (κ3) is 20.6. The first-order chi connectivity index (χ1) is 25.2. The largest absolute Gasteiger partial charge is 0.481 e. The summed E-state index contributed by atoms with van der Waals surface area (Å²) < 4.78 is 16.6. The average molecular weight is 759 g/mol. The summed E-state index contributed by atoms with van der Waals surface area (Å²) in [7, 11) is 0. The molecule has 0 aromatic rings. The molecule has 1 aliphatic heterocycles. The van der Waals surface area contributed by atoms with Gasteiger partial charge in [-0.1, -0.05) is 96.8 Å². The van der Waals surface area contributed by atoms with Gasteiger partial charge in [-0.2, -0.15) is 0 Å². The highest BCUT2D eigenvalue weighted by atomic mass is 16.6. The number of unbranched alkanes of at least 4 members (excludes halogenated alkanes) is 14. The molecule has 0 saturated carbocycles. The maximum absolute atomic E-state index is 12.9. The van der Waals surface area contributed by atoms with E-state index in [1.54, 1.807) is 0 Å². The molecular formula is C37H66N4O12. The van der Waals surface area contributed by atoms with Crippen LogP contribution in [0.5, 0.6) is 0 Å². The molecule has 0 radical (unpaired) electrons. The third-order valence-corrected chi connectivity index (χ3v) is 9.25. The van der Waals surface area contributed by atoms with Crippen molar-refractivity contribution in [2.75, 3.05) is 6.61 Å². The number of aliphatic hydroxyl groups is 2. The monoisotopic (exact) mass is 758 g/mol. The number of esters is 1. The minimum absolute atomic E-state index is 0.181. The molecule has 1 heterocycles. The number of primary amides is 1. The van der Waals surface area contributed by atoms with Crippen LogP contribution in [-0.4, -0.2) is 106 Å². The number of ether oxygens (including phenoxy) is 3. The van der Waals surface area contributed by atoms with Gasteiger partial charge in [-0.3, -0.25) is 28.8 Å². The predicted molar refractivity (Wildman–Crippen MR) is 195 cm³/mol. The Morgan fingerprint density at radius 2 is 1.30 bits per heavy atom. The first-order valence-corrected chi connectivity index (χ1v) is 19.4. The number of nitrogens with two attached hydrogens (primary N) is 1. The minimum Gasteiger partial charge on any atom is -0.481 e. The van der Waals surface area contributed by atoms with E-state index in [2.05, 4.69) is 22.9 Å². The van der Waals surface area contributed by atoms with Gasteiger partial charge < -0.3 is 51.2 Å². The standard InChI is InChI=1S/C37H66N4O12/c1-5-6-7-8-9-10-11-12-13-14-15-16-17-18-19-20-30(45)51-23-28-32(46)33(31(37(50)53-28)40-26(4)42)52-25(3)36(49)39-24(2)35(48)41-27(34(38)47)21-22-29(43)44/h24-25,27-28,31-33,37,46,50H,5-23H2,1-4H3,(H2,38,47)(H,39,49)(H,40,42)(H,41,48)(H,43,44)/t24-,25+,27-,28?,31?,32-,33-,37+/m1/s1. The zero-order valence-corrected chi connectivity index (χ0v) is 32.1. The fraction of sp³-hybridized carbons (Fsp3) is 0.838. The molecule has 8 atom stereocenters. The molecule has 0 aromatic carbocycles. The van der Waals surface area contributed by atoms with E-state index in [0.29, 0.717) is 6.42 Å². The second-order valence-corrected chi connectivity index (χ2v) is 14.0. The number of aliphatic hydroxyl groups excluding tert-OH is 2. The van der Waals surface area contributed by atoms with Crippen LogP contribution in [0.1, 0.15) is 143 Å². The highest BCUT2D eigenvalue weighted by Crippen LogP contribution is 2.25. The Hall–Kier alpha value is -3.34. The van der Waals surface area contributed by atoms with Crippen molar-refractivity contribution in [1.82, 2.24) is 16.0 Å². The molecule has 1 fully saturated rings. The summed E-state index contributed by atoms with van der Waals surface area (Å²) in [5.74, 6) is -4.85. The fourth-order valence-corrected chi connectivity index (χ4v) is 6.05. The average Bonchev–Trinajstić information content (AvgIpc) is 3.09.